The first-order valence-electron chi connectivity index (χ1n) is 6.96. The number of nitrogens with one attached hydrogen (secondary N) is 1. The van der Waals surface area contributed by atoms with Crippen LogP contribution in [-0.4, -0.2) is 44.2 Å². The summed E-state index contributed by atoms with van der Waals surface area (Å²) in [5.41, 5.74) is 0.0668. The minimum absolute atomic E-state index is 0.0668. The molecule has 0 bridgehead atoms. The number of sulfonamides is 1. The van der Waals surface area contributed by atoms with E-state index in [1.54, 1.807) is 4.31 Å². The molecule has 0 spiro atoms. The Balaban J connectivity index is 2.67. The predicted octanol–water partition coefficient (Wildman–Crippen LogP) is 1.83. The van der Waals surface area contributed by atoms with Crippen molar-refractivity contribution in [2.75, 3.05) is 25.4 Å². The van der Waals surface area contributed by atoms with Gasteiger partial charge in [-0.15, -0.1) is 0 Å². The quantitative estimate of drug-likeness (QED) is 0.833. The van der Waals surface area contributed by atoms with E-state index in [1.807, 2.05) is 6.92 Å². The molecule has 1 atom stereocenters. The van der Waals surface area contributed by atoms with E-state index in [9.17, 15) is 8.42 Å². The molecule has 18 heavy (non-hydrogen) atoms. The summed E-state index contributed by atoms with van der Waals surface area (Å²) in [5.74, 6) is 0.265. The highest BCUT2D eigenvalue weighted by Gasteiger charge is 2.30. The molecule has 5 heteroatoms. The fourth-order valence-electron chi connectivity index (χ4n) is 2.31. The summed E-state index contributed by atoms with van der Waals surface area (Å²) >= 11 is 0. The van der Waals surface area contributed by atoms with Crippen LogP contribution in [0.3, 0.4) is 0 Å². The van der Waals surface area contributed by atoms with E-state index in [2.05, 4.69) is 26.1 Å². The molecular formula is C13H28N2O2S. The molecule has 1 fully saturated rings. The summed E-state index contributed by atoms with van der Waals surface area (Å²) in [4.78, 5) is 0. The molecule has 1 N–H and O–H groups in total. The molecule has 108 valence electrons. The standard InChI is InChI=1S/C13H28N2O2S/c1-5-15(12-7-6-9-14-11-12)18(16,17)10-8-13(2,3)4/h12,14H,5-11H2,1-4H3. The van der Waals surface area contributed by atoms with Crippen molar-refractivity contribution < 1.29 is 8.42 Å². The highest BCUT2D eigenvalue weighted by molar-refractivity contribution is 7.89. The van der Waals surface area contributed by atoms with Crippen LogP contribution in [0.4, 0.5) is 0 Å². The molecule has 0 radical (unpaired) electrons. The van der Waals surface area contributed by atoms with Gasteiger partial charge < -0.3 is 5.32 Å². The van der Waals surface area contributed by atoms with Crippen LogP contribution in [0, 0.1) is 5.41 Å². The van der Waals surface area contributed by atoms with E-state index in [-0.39, 0.29) is 17.2 Å². The normalized spacial score (nSPS) is 22.4. The first-order valence-corrected chi connectivity index (χ1v) is 8.57. The predicted molar refractivity (Wildman–Crippen MR) is 76.1 cm³/mol. The number of rotatable bonds is 5. The molecule has 0 aromatic carbocycles. The SMILES string of the molecule is CCN(C1CCCNC1)S(=O)(=O)CCC(C)(C)C. The molecule has 1 saturated heterocycles. The van der Waals surface area contributed by atoms with Crippen LogP contribution in [0.25, 0.3) is 0 Å². The van der Waals surface area contributed by atoms with Crippen LogP contribution in [0.5, 0.6) is 0 Å². The minimum atomic E-state index is -3.11. The van der Waals surface area contributed by atoms with E-state index in [0.29, 0.717) is 13.0 Å². The lowest BCUT2D eigenvalue weighted by atomic mass is 9.94. The highest BCUT2D eigenvalue weighted by Crippen LogP contribution is 2.22. The fourth-order valence-corrected chi connectivity index (χ4v) is 4.45. The molecule has 4 nitrogen and oxygen atoms in total. The number of hydrogen-bond donors (Lipinski definition) is 1. The maximum atomic E-state index is 12.4. The lowest BCUT2D eigenvalue weighted by Gasteiger charge is -2.33. The molecule has 0 saturated carbocycles. The second kappa shape index (κ2) is 6.35. The first kappa shape index (κ1) is 15.9. The van der Waals surface area contributed by atoms with Crippen molar-refractivity contribution in [2.24, 2.45) is 5.41 Å². The lowest BCUT2D eigenvalue weighted by Crippen LogP contribution is -2.49. The van der Waals surface area contributed by atoms with E-state index >= 15 is 0 Å². The van der Waals surface area contributed by atoms with Gasteiger partial charge in [-0.1, -0.05) is 27.7 Å². The number of likely N-dealkylation sites (N-methyl/N-ethyl adjacent to an activating group) is 1. The molecule has 1 aliphatic heterocycles. The lowest BCUT2D eigenvalue weighted by molar-refractivity contribution is 0.272. The van der Waals surface area contributed by atoms with Crippen LogP contribution >= 0.6 is 0 Å². The Morgan fingerprint density at radius 1 is 1.33 bits per heavy atom. The molecular weight excluding hydrogens is 248 g/mol. The van der Waals surface area contributed by atoms with Crippen LogP contribution in [0.2, 0.25) is 0 Å². The molecule has 1 unspecified atom stereocenters. The van der Waals surface area contributed by atoms with Gasteiger partial charge in [0.25, 0.3) is 0 Å². The van der Waals surface area contributed by atoms with Gasteiger partial charge in [-0.3, -0.25) is 0 Å². The van der Waals surface area contributed by atoms with Gasteiger partial charge in [0.1, 0.15) is 0 Å². The second-order valence-corrected chi connectivity index (χ2v) is 8.37. The Morgan fingerprint density at radius 3 is 2.44 bits per heavy atom. The van der Waals surface area contributed by atoms with E-state index in [4.69, 9.17) is 0 Å². The fraction of sp³-hybridized carbons (Fsp3) is 1.00. The minimum Gasteiger partial charge on any atom is -0.315 e. The van der Waals surface area contributed by atoms with Crippen LogP contribution in [-0.2, 0) is 10.0 Å². The smallest absolute Gasteiger partial charge is 0.214 e. The topological polar surface area (TPSA) is 49.4 Å². The van der Waals surface area contributed by atoms with E-state index < -0.39 is 10.0 Å². The highest BCUT2D eigenvalue weighted by atomic mass is 32.2. The Morgan fingerprint density at radius 2 is 2.00 bits per heavy atom. The van der Waals surface area contributed by atoms with Gasteiger partial charge in [-0.25, -0.2) is 8.42 Å². The van der Waals surface area contributed by atoms with Crippen LogP contribution in [0.15, 0.2) is 0 Å². The Labute approximate surface area is 112 Å². The summed E-state index contributed by atoms with van der Waals surface area (Å²) in [6, 6.07) is 0.147. The number of hydrogen-bond acceptors (Lipinski definition) is 3. The van der Waals surface area contributed by atoms with Gasteiger partial charge in [0.15, 0.2) is 0 Å². The third kappa shape index (κ3) is 4.86. The average Bonchev–Trinajstić information content (AvgIpc) is 2.28. The summed E-state index contributed by atoms with van der Waals surface area (Å²) in [6.45, 7) is 10.6. The summed E-state index contributed by atoms with van der Waals surface area (Å²) in [7, 11) is -3.11. The van der Waals surface area contributed by atoms with Gasteiger partial charge in [0.05, 0.1) is 5.75 Å². The number of piperidine rings is 1. The Hall–Kier alpha value is -0.130. The number of nitrogens with zero attached hydrogens (tertiary/aromatic N) is 1. The zero-order valence-corrected chi connectivity index (χ0v) is 13.0. The van der Waals surface area contributed by atoms with Crippen molar-refractivity contribution >= 4 is 10.0 Å². The Kier molecular flexibility index (Phi) is 5.62. The van der Waals surface area contributed by atoms with Crippen molar-refractivity contribution in [1.29, 1.82) is 0 Å². The molecule has 1 aliphatic rings. The summed E-state index contributed by atoms with van der Waals surface area (Å²) < 4.78 is 26.5. The van der Waals surface area contributed by atoms with Crippen molar-refractivity contribution in [2.45, 2.75) is 53.0 Å². The van der Waals surface area contributed by atoms with Crippen LogP contribution < -0.4 is 5.32 Å². The van der Waals surface area contributed by atoms with Gasteiger partial charge in [-0.05, 0) is 31.2 Å². The zero-order valence-electron chi connectivity index (χ0n) is 12.2. The zero-order chi connectivity index (χ0) is 13.8. The van der Waals surface area contributed by atoms with Gasteiger partial charge in [0.2, 0.25) is 10.0 Å². The maximum Gasteiger partial charge on any atom is 0.214 e. The van der Waals surface area contributed by atoms with Crippen LogP contribution in [0.1, 0.15) is 47.0 Å². The summed E-state index contributed by atoms with van der Waals surface area (Å²) in [6.07, 6.45) is 2.76. The second-order valence-electron chi connectivity index (χ2n) is 6.33. The molecule has 0 aromatic heterocycles. The van der Waals surface area contributed by atoms with Gasteiger partial charge in [-0.2, -0.15) is 4.31 Å². The Bertz CT molecular complexity index is 340. The van der Waals surface area contributed by atoms with E-state index in [1.165, 1.54) is 0 Å². The van der Waals surface area contributed by atoms with E-state index in [0.717, 1.165) is 25.9 Å². The third-order valence-electron chi connectivity index (χ3n) is 3.46. The van der Waals surface area contributed by atoms with Crippen molar-refractivity contribution in [3.05, 3.63) is 0 Å². The third-order valence-corrected chi connectivity index (χ3v) is 5.45. The maximum absolute atomic E-state index is 12.4. The van der Waals surface area contributed by atoms with Crippen molar-refractivity contribution in [1.82, 2.24) is 9.62 Å². The molecule has 0 aromatic rings. The largest absolute Gasteiger partial charge is 0.315 e. The molecule has 1 rings (SSSR count). The summed E-state index contributed by atoms with van der Waals surface area (Å²) in [5, 5.41) is 3.29. The van der Waals surface area contributed by atoms with Gasteiger partial charge >= 0.3 is 0 Å². The first-order chi connectivity index (χ1) is 8.26. The molecule has 1 heterocycles. The average molecular weight is 276 g/mol. The monoisotopic (exact) mass is 276 g/mol. The molecule has 0 aliphatic carbocycles. The van der Waals surface area contributed by atoms with Crippen molar-refractivity contribution in [3.8, 4) is 0 Å². The molecule has 0 amide bonds. The van der Waals surface area contributed by atoms with Crippen molar-refractivity contribution in [3.63, 3.8) is 0 Å². The van der Waals surface area contributed by atoms with Gasteiger partial charge in [0, 0.05) is 19.1 Å².